The van der Waals surface area contributed by atoms with Gasteiger partial charge >= 0.3 is 0 Å². The van der Waals surface area contributed by atoms with Gasteiger partial charge in [-0.15, -0.1) is 0 Å². The van der Waals surface area contributed by atoms with E-state index in [0.717, 1.165) is 11.3 Å². The van der Waals surface area contributed by atoms with Gasteiger partial charge in [-0.25, -0.2) is 4.98 Å². The maximum Gasteiger partial charge on any atom is 0.225 e. The zero-order valence-electron chi connectivity index (χ0n) is 11.4. The number of allylic oxidation sites excluding steroid dienone is 1. The van der Waals surface area contributed by atoms with Crippen molar-refractivity contribution >= 4 is 34.6 Å². The first-order valence-electron chi connectivity index (χ1n) is 6.49. The molecule has 106 valence electrons. The maximum atomic E-state index is 5.96. The Hall–Kier alpha value is -2.40. The lowest BCUT2D eigenvalue weighted by atomic mass is 10.3. The minimum atomic E-state index is 0.188. The van der Waals surface area contributed by atoms with Crippen molar-refractivity contribution in [2.24, 2.45) is 0 Å². The second-order valence-electron chi connectivity index (χ2n) is 4.41. The number of furan rings is 1. The minimum Gasteiger partial charge on any atom is -0.451 e. The third kappa shape index (κ3) is 3.03. The van der Waals surface area contributed by atoms with Gasteiger partial charge in [0.15, 0.2) is 11.4 Å². The lowest BCUT2D eigenvalue weighted by Crippen LogP contribution is -2.02. The average Bonchev–Trinajstić information content (AvgIpc) is 2.88. The first kappa shape index (κ1) is 13.6. The Morgan fingerprint density at radius 1 is 1.29 bits per heavy atom. The number of rotatable bonds is 4. The summed E-state index contributed by atoms with van der Waals surface area (Å²) in [4.78, 5) is 12.4. The summed E-state index contributed by atoms with van der Waals surface area (Å²) in [6.45, 7) is 2.53. The molecule has 3 rings (SSSR count). The normalized spacial score (nSPS) is 11.3. The number of halogens is 1. The first-order valence-corrected chi connectivity index (χ1v) is 6.86. The second kappa shape index (κ2) is 5.93. The zero-order chi connectivity index (χ0) is 14.7. The van der Waals surface area contributed by atoms with Gasteiger partial charge in [-0.1, -0.05) is 6.08 Å². The predicted octanol–water partition coefficient (Wildman–Crippen LogP) is 3.92. The van der Waals surface area contributed by atoms with Crippen molar-refractivity contribution < 1.29 is 4.42 Å². The molecule has 0 unspecified atom stereocenters. The van der Waals surface area contributed by atoms with Crippen LogP contribution < -0.4 is 5.32 Å². The van der Waals surface area contributed by atoms with E-state index in [2.05, 4.69) is 20.3 Å². The van der Waals surface area contributed by atoms with Crippen molar-refractivity contribution in [3.63, 3.8) is 0 Å². The van der Waals surface area contributed by atoms with Crippen molar-refractivity contribution in [1.82, 2.24) is 15.0 Å². The lowest BCUT2D eigenvalue weighted by molar-refractivity contribution is 0.603. The molecule has 0 spiro atoms. The fraction of sp³-hybridized carbons (Fsp3) is 0.133. The Labute approximate surface area is 126 Å². The highest BCUT2D eigenvalue weighted by Crippen LogP contribution is 2.26. The predicted molar refractivity (Wildman–Crippen MR) is 83.1 cm³/mol. The van der Waals surface area contributed by atoms with E-state index in [4.69, 9.17) is 16.0 Å². The molecule has 6 heteroatoms. The Morgan fingerprint density at radius 2 is 2.10 bits per heavy atom. The summed E-state index contributed by atoms with van der Waals surface area (Å²) < 4.78 is 5.74. The summed E-state index contributed by atoms with van der Waals surface area (Å²) in [5.41, 5.74) is 2.37. The number of fused-ring (bicyclic) bond motifs is 1. The van der Waals surface area contributed by atoms with Gasteiger partial charge in [0.05, 0.1) is 0 Å². The van der Waals surface area contributed by atoms with Crippen LogP contribution in [0.3, 0.4) is 0 Å². The van der Waals surface area contributed by atoms with Crippen molar-refractivity contribution in [3.8, 4) is 0 Å². The molecule has 21 heavy (non-hydrogen) atoms. The highest BCUT2D eigenvalue weighted by molar-refractivity contribution is 6.28. The van der Waals surface area contributed by atoms with Crippen LogP contribution in [0, 0.1) is 0 Å². The van der Waals surface area contributed by atoms with Crippen LogP contribution in [0.4, 0.5) is 5.82 Å². The number of hydrogen-bond acceptors (Lipinski definition) is 5. The van der Waals surface area contributed by atoms with Gasteiger partial charge in [-0.3, -0.25) is 4.98 Å². The second-order valence-corrected chi connectivity index (χ2v) is 4.75. The summed E-state index contributed by atoms with van der Waals surface area (Å²) in [5, 5.41) is 3.41. The molecule has 0 saturated heterocycles. The Morgan fingerprint density at radius 3 is 2.86 bits per heavy atom. The van der Waals surface area contributed by atoms with Gasteiger partial charge in [-0.2, -0.15) is 4.98 Å². The van der Waals surface area contributed by atoms with E-state index in [1.54, 1.807) is 12.4 Å². The third-order valence-corrected chi connectivity index (χ3v) is 3.07. The van der Waals surface area contributed by atoms with Crippen LogP contribution >= 0.6 is 11.6 Å². The topological polar surface area (TPSA) is 63.8 Å². The Kier molecular flexibility index (Phi) is 3.83. The van der Waals surface area contributed by atoms with E-state index in [1.807, 2.05) is 37.3 Å². The monoisotopic (exact) mass is 300 g/mol. The van der Waals surface area contributed by atoms with Crippen LogP contribution in [0.25, 0.3) is 17.2 Å². The smallest absolute Gasteiger partial charge is 0.225 e. The minimum absolute atomic E-state index is 0.188. The summed E-state index contributed by atoms with van der Waals surface area (Å²) in [6, 6.07) is 5.70. The number of nitrogens with one attached hydrogen (secondary N) is 1. The molecule has 0 saturated carbocycles. The van der Waals surface area contributed by atoms with Gasteiger partial charge in [0.2, 0.25) is 5.28 Å². The van der Waals surface area contributed by atoms with E-state index in [1.165, 1.54) is 0 Å². The van der Waals surface area contributed by atoms with Crippen LogP contribution in [0.5, 0.6) is 0 Å². The van der Waals surface area contributed by atoms with E-state index in [9.17, 15) is 0 Å². The molecule has 0 bridgehead atoms. The molecule has 0 radical (unpaired) electrons. The zero-order valence-corrected chi connectivity index (χ0v) is 12.1. The molecule has 0 aliphatic carbocycles. The standard InChI is InChI=1S/C15H13ClN4O/c1-2-3-11-8-12-13(21-11)14(20-15(16)19-12)18-9-10-4-6-17-7-5-10/h2-8H,9H2,1H3,(H,18,19,20)/b3-2+. The van der Waals surface area contributed by atoms with E-state index >= 15 is 0 Å². The van der Waals surface area contributed by atoms with Gasteiger partial charge in [0.25, 0.3) is 0 Å². The van der Waals surface area contributed by atoms with Gasteiger partial charge in [-0.05, 0) is 42.3 Å². The summed E-state index contributed by atoms with van der Waals surface area (Å²) in [7, 11) is 0. The average molecular weight is 301 g/mol. The Bertz CT molecular complexity index is 783. The maximum absolute atomic E-state index is 5.96. The summed E-state index contributed by atoms with van der Waals surface area (Å²) in [6.07, 6.45) is 7.26. The Balaban J connectivity index is 1.93. The molecule has 3 heterocycles. The fourth-order valence-corrected chi connectivity index (χ4v) is 2.15. The number of hydrogen-bond donors (Lipinski definition) is 1. The fourth-order valence-electron chi connectivity index (χ4n) is 1.97. The molecule has 1 N–H and O–H groups in total. The molecule has 0 aliphatic heterocycles. The molecule has 3 aromatic heterocycles. The van der Waals surface area contributed by atoms with Gasteiger partial charge in [0.1, 0.15) is 11.3 Å². The highest BCUT2D eigenvalue weighted by atomic mass is 35.5. The van der Waals surface area contributed by atoms with Crippen molar-refractivity contribution in [1.29, 1.82) is 0 Å². The SMILES string of the molecule is C/C=C/c1cc2nc(Cl)nc(NCc3ccncc3)c2o1. The summed E-state index contributed by atoms with van der Waals surface area (Å²) >= 11 is 5.96. The number of nitrogens with zero attached hydrogens (tertiary/aromatic N) is 3. The van der Waals surface area contributed by atoms with Crippen molar-refractivity contribution in [3.05, 3.63) is 53.3 Å². The largest absolute Gasteiger partial charge is 0.451 e. The molecule has 0 amide bonds. The number of aromatic nitrogens is 3. The van der Waals surface area contributed by atoms with Gasteiger partial charge in [0, 0.05) is 25.0 Å². The highest BCUT2D eigenvalue weighted by Gasteiger charge is 2.11. The van der Waals surface area contributed by atoms with Crippen LogP contribution in [-0.4, -0.2) is 15.0 Å². The van der Waals surface area contributed by atoms with E-state index < -0.39 is 0 Å². The molecule has 0 aromatic carbocycles. The van der Waals surface area contributed by atoms with Crippen LogP contribution in [-0.2, 0) is 6.54 Å². The first-order chi connectivity index (χ1) is 10.3. The van der Waals surface area contributed by atoms with Crippen molar-refractivity contribution in [2.75, 3.05) is 5.32 Å². The molecule has 0 aliphatic rings. The number of anilines is 1. The van der Waals surface area contributed by atoms with Crippen LogP contribution in [0.1, 0.15) is 18.2 Å². The van der Waals surface area contributed by atoms with Crippen molar-refractivity contribution in [2.45, 2.75) is 13.5 Å². The van der Waals surface area contributed by atoms with Crippen LogP contribution in [0.2, 0.25) is 5.28 Å². The quantitative estimate of drug-likeness (QED) is 0.740. The van der Waals surface area contributed by atoms with Crippen LogP contribution in [0.15, 0.2) is 41.1 Å². The number of pyridine rings is 1. The molecular weight excluding hydrogens is 288 g/mol. The molecule has 5 nitrogen and oxygen atoms in total. The lowest BCUT2D eigenvalue weighted by Gasteiger charge is -2.06. The van der Waals surface area contributed by atoms with E-state index in [-0.39, 0.29) is 5.28 Å². The molecular formula is C15H13ClN4O. The summed E-state index contributed by atoms with van der Waals surface area (Å²) in [5.74, 6) is 1.30. The third-order valence-electron chi connectivity index (χ3n) is 2.90. The molecule has 0 fully saturated rings. The van der Waals surface area contributed by atoms with E-state index in [0.29, 0.717) is 23.5 Å². The van der Waals surface area contributed by atoms with Gasteiger partial charge < -0.3 is 9.73 Å². The molecule has 3 aromatic rings. The molecule has 0 atom stereocenters.